The van der Waals surface area contributed by atoms with Gasteiger partial charge in [-0.05, 0) is 12.3 Å². The maximum atomic E-state index is 11.8. The van der Waals surface area contributed by atoms with E-state index in [1.807, 2.05) is 13.8 Å². The van der Waals surface area contributed by atoms with Crippen molar-refractivity contribution in [2.75, 3.05) is 25.4 Å². The van der Waals surface area contributed by atoms with E-state index in [0.29, 0.717) is 31.9 Å². The van der Waals surface area contributed by atoms with Crippen LogP contribution in [-0.4, -0.2) is 41.5 Å². The first-order valence-electron chi connectivity index (χ1n) is 6.79. The number of hydrogen-bond acceptors (Lipinski definition) is 6. The van der Waals surface area contributed by atoms with Gasteiger partial charge in [0.25, 0.3) is 0 Å². The Kier molecular flexibility index (Phi) is 9.84. The lowest BCUT2D eigenvalue weighted by Crippen LogP contribution is -2.35. The van der Waals surface area contributed by atoms with E-state index in [1.165, 1.54) is 0 Å². The summed E-state index contributed by atoms with van der Waals surface area (Å²) < 4.78 is 4.64. The Balaban J connectivity index is 3.94. The molecular weight excluding hydrogens is 328 g/mol. The lowest BCUT2D eigenvalue weighted by atomic mass is 9.90. The Morgan fingerprint density at radius 1 is 1.05 bits per heavy atom. The quantitative estimate of drug-likeness (QED) is 0.305. The molecule has 21 heavy (non-hydrogen) atoms. The Bertz CT molecular complexity index is 344. The second kappa shape index (κ2) is 9.86. The molecule has 0 atom stereocenters. The van der Waals surface area contributed by atoms with Gasteiger partial charge in [-0.15, -0.1) is 25.3 Å². The molecule has 0 heterocycles. The smallest absolute Gasteiger partial charge is 0.221 e. The molecule has 0 aliphatic carbocycles. The largest absolute Gasteiger partial charge is 0.356 e. The highest BCUT2D eigenvalue weighted by Crippen LogP contribution is 2.27. The van der Waals surface area contributed by atoms with Crippen molar-refractivity contribution in [3.8, 4) is 0 Å². The molecule has 0 saturated carbocycles. The standard InChI is InChI=1S/C13H26N2O3S3/c1-12(2,9-18-13(3,20)21)8-11(17)14-5-4-10(16)15-6-7-19/h19-21H,4-9H2,1-3H3,(H,14,17)(H,15,16). The highest BCUT2D eigenvalue weighted by molar-refractivity contribution is 8.00. The lowest BCUT2D eigenvalue weighted by Gasteiger charge is -2.28. The Hall–Kier alpha value is -0.0500. The Morgan fingerprint density at radius 3 is 2.14 bits per heavy atom. The van der Waals surface area contributed by atoms with E-state index in [1.54, 1.807) is 6.92 Å². The van der Waals surface area contributed by atoms with Crippen LogP contribution in [0.1, 0.15) is 33.6 Å². The summed E-state index contributed by atoms with van der Waals surface area (Å²) in [6, 6.07) is 0. The Morgan fingerprint density at radius 2 is 1.62 bits per heavy atom. The maximum absolute atomic E-state index is 11.8. The molecule has 0 aromatic carbocycles. The van der Waals surface area contributed by atoms with E-state index in [4.69, 9.17) is 4.74 Å². The summed E-state index contributed by atoms with van der Waals surface area (Å²) in [6.45, 7) is 6.81. The molecule has 0 saturated heterocycles. The van der Waals surface area contributed by atoms with Gasteiger partial charge in [-0.1, -0.05) is 13.8 Å². The summed E-state index contributed by atoms with van der Waals surface area (Å²) in [7, 11) is 0. The highest BCUT2D eigenvalue weighted by Gasteiger charge is 2.25. The third-order valence-electron chi connectivity index (χ3n) is 2.48. The van der Waals surface area contributed by atoms with Gasteiger partial charge in [-0.3, -0.25) is 9.59 Å². The number of nitrogens with one attached hydrogen (secondary N) is 2. The summed E-state index contributed by atoms with van der Waals surface area (Å²) >= 11 is 12.3. The third-order valence-corrected chi connectivity index (χ3v) is 2.97. The van der Waals surface area contributed by atoms with Gasteiger partial charge in [0, 0.05) is 31.7 Å². The van der Waals surface area contributed by atoms with Crippen LogP contribution in [0.5, 0.6) is 0 Å². The molecule has 2 N–H and O–H groups in total. The van der Waals surface area contributed by atoms with Crippen molar-refractivity contribution in [2.24, 2.45) is 5.41 Å². The summed E-state index contributed by atoms with van der Waals surface area (Å²) in [5.74, 6) is 0.403. The van der Waals surface area contributed by atoms with Crippen LogP contribution < -0.4 is 10.6 Å². The molecule has 0 aliphatic rings. The molecule has 0 aromatic rings. The minimum absolute atomic E-state index is 0.0899. The summed E-state index contributed by atoms with van der Waals surface area (Å²) in [5.41, 5.74) is -0.328. The molecular formula is C13H26N2O3S3. The molecule has 124 valence electrons. The normalized spacial score (nSPS) is 12.1. The predicted molar refractivity (Wildman–Crippen MR) is 95.2 cm³/mol. The van der Waals surface area contributed by atoms with Crippen molar-refractivity contribution in [3.05, 3.63) is 0 Å². The van der Waals surface area contributed by atoms with E-state index in [-0.39, 0.29) is 23.7 Å². The van der Waals surface area contributed by atoms with Gasteiger partial charge in [-0.25, -0.2) is 0 Å². The summed E-state index contributed by atoms with van der Waals surface area (Å²) in [5, 5.41) is 5.42. The fourth-order valence-corrected chi connectivity index (χ4v) is 1.72. The van der Waals surface area contributed by atoms with Crippen LogP contribution in [0.2, 0.25) is 0 Å². The van der Waals surface area contributed by atoms with Gasteiger partial charge >= 0.3 is 0 Å². The number of carbonyl (C=O) groups is 2. The lowest BCUT2D eigenvalue weighted by molar-refractivity contribution is -0.124. The van der Waals surface area contributed by atoms with E-state index in [2.05, 4.69) is 48.5 Å². The van der Waals surface area contributed by atoms with Crippen LogP contribution in [0.4, 0.5) is 0 Å². The average Bonchev–Trinajstić information content (AvgIpc) is 2.32. The minimum atomic E-state index is -0.821. The number of rotatable bonds is 10. The molecule has 5 nitrogen and oxygen atoms in total. The van der Waals surface area contributed by atoms with Gasteiger partial charge < -0.3 is 15.4 Å². The van der Waals surface area contributed by atoms with Crippen LogP contribution in [0.25, 0.3) is 0 Å². The van der Waals surface area contributed by atoms with E-state index >= 15 is 0 Å². The molecule has 8 heteroatoms. The summed E-state index contributed by atoms with van der Waals surface area (Å²) in [4.78, 5) is 23.2. The first-order chi connectivity index (χ1) is 9.56. The zero-order valence-electron chi connectivity index (χ0n) is 12.8. The molecule has 0 radical (unpaired) electrons. The second-order valence-corrected chi connectivity index (χ2v) is 8.24. The Labute approximate surface area is 143 Å². The van der Waals surface area contributed by atoms with Crippen molar-refractivity contribution < 1.29 is 14.3 Å². The number of ether oxygens (including phenoxy) is 1. The van der Waals surface area contributed by atoms with Crippen LogP contribution in [0.3, 0.4) is 0 Å². The first-order valence-corrected chi connectivity index (χ1v) is 8.31. The van der Waals surface area contributed by atoms with Crippen LogP contribution in [0.15, 0.2) is 0 Å². The fourth-order valence-electron chi connectivity index (χ4n) is 1.48. The predicted octanol–water partition coefficient (Wildman–Crippen LogP) is 1.50. The van der Waals surface area contributed by atoms with Gasteiger partial charge in [0.15, 0.2) is 4.27 Å². The SMILES string of the molecule is CC(C)(COC(C)(S)S)CC(=O)NCCC(=O)NCCS. The molecule has 0 unspecified atom stereocenters. The van der Waals surface area contributed by atoms with Gasteiger partial charge in [0.2, 0.25) is 11.8 Å². The molecule has 0 fully saturated rings. The van der Waals surface area contributed by atoms with E-state index in [9.17, 15) is 9.59 Å². The highest BCUT2D eigenvalue weighted by atomic mass is 32.2. The molecule has 0 spiro atoms. The van der Waals surface area contributed by atoms with Crippen LogP contribution >= 0.6 is 37.9 Å². The molecule has 0 rings (SSSR count). The average molecular weight is 355 g/mol. The fraction of sp³-hybridized carbons (Fsp3) is 0.846. The van der Waals surface area contributed by atoms with E-state index < -0.39 is 4.27 Å². The molecule has 0 bridgehead atoms. The van der Waals surface area contributed by atoms with Crippen molar-refractivity contribution in [1.29, 1.82) is 0 Å². The van der Waals surface area contributed by atoms with Crippen LogP contribution in [0, 0.1) is 5.41 Å². The van der Waals surface area contributed by atoms with Gasteiger partial charge in [0.1, 0.15) is 0 Å². The van der Waals surface area contributed by atoms with Crippen molar-refractivity contribution in [3.63, 3.8) is 0 Å². The van der Waals surface area contributed by atoms with E-state index in [0.717, 1.165) is 0 Å². The zero-order chi connectivity index (χ0) is 16.5. The van der Waals surface area contributed by atoms with Crippen molar-refractivity contribution >= 4 is 49.7 Å². The topological polar surface area (TPSA) is 67.4 Å². The number of carbonyl (C=O) groups excluding carboxylic acids is 2. The van der Waals surface area contributed by atoms with Crippen molar-refractivity contribution in [2.45, 2.75) is 37.9 Å². The van der Waals surface area contributed by atoms with Crippen molar-refractivity contribution in [1.82, 2.24) is 10.6 Å². The number of thiol groups is 3. The zero-order valence-corrected chi connectivity index (χ0v) is 15.5. The summed E-state index contributed by atoms with van der Waals surface area (Å²) in [6.07, 6.45) is 0.574. The monoisotopic (exact) mass is 354 g/mol. The minimum Gasteiger partial charge on any atom is -0.356 e. The number of amides is 2. The maximum Gasteiger partial charge on any atom is 0.221 e. The third kappa shape index (κ3) is 13.3. The second-order valence-electron chi connectivity index (χ2n) is 5.74. The van der Waals surface area contributed by atoms with Crippen LogP contribution in [-0.2, 0) is 14.3 Å². The first kappa shape index (κ1) is 20.9. The number of hydrogen-bond donors (Lipinski definition) is 5. The van der Waals surface area contributed by atoms with Gasteiger partial charge in [-0.2, -0.15) is 12.6 Å². The molecule has 0 aromatic heterocycles. The molecule has 2 amide bonds. The molecule has 0 aliphatic heterocycles. The van der Waals surface area contributed by atoms with Gasteiger partial charge in [0.05, 0.1) is 6.61 Å².